The summed E-state index contributed by atoms with van der Waals surface area (Å²) in [5.74, 6) is 0.273. The zero-order chi connectivity index (χ0) is 26.7. The molecule has 0 spiro atoms. The SMILES string of the molecule is CO[C@@H]1[C@H](O)[C@@H](CCP(=O)(Cc2ccccc2Cl)Oc2ccccc2Cl)O[C@H]1n1cc(C)c(=O)[nH]c1=O. The average molecular weight is 569 g/mol. The van der Waals surface area contributed by atoms with Crippen LogP contribution >= 0.6 is 30.6 Å². The highest BCUT2D eigenvalue weighted by atomic mass is 35.5. The number of hydrogen-bond acceptors (Lipinski definition) is 7. The molecule has 0 bridgehead atoms. The van der Waals surface area contributed by atoms with Crippen molar-refractivity contribution in [1.82, 2.24) is 9.55 Å². The molecule has 2 N–H and O–H groups in total. The molecule has 1 fully saturated rings. The molecule has 5 atom stereocenters. The van der Waals surface area contributed by atoms with Gasteiger partial charge in [-0.3, -0.25) is 18.9 Å². The molecule has 1 aromatic heterocycles. The first-order valence-corrected chi connectivity index (χ1v) is 14.3. The summed E-state index contributed by atoms with van der Waals surface area (Å²) in [5.41, 5.74) is -0.256. The largest absolute Gasteiger partial charge is 0.441 e. The van der Waals surface area contributed by atoms with Crippen LogP contribution in [0.1, 0.15) is 23.8 Å². The van der Waals surface area contributed by atoms with E-state index in [1.165, 1.54) is 17.9 Å². The summed E-state index contributed by atoms with van der Waals surface area (Å²) in [6.07, 6.45) is -2.33. The van der Waals surface area contributed by atoms with Crippen molar-refractivity contribution in [3.05, 3.63) is 96.7 Å². The average Bonchev–Trinajstić information content (AvgIpc) is 3.18. The zero-order valence-corrected chi connectivity index (χ0v) is 22.6. The standard InChI is InChI=1S/C25H27Cl2N2O7P/c1-15-13-29(25(32)28-23(15)31)24-22(34-2)21(30)20(35-24)11-12-37(33,14-16-7-3-4-8-17(16)26)36-19-10-6-5-9-18(19)27/h3-10,13,20-22,24,30H,11-12,14H2,1-2H3,(H,28,31,32)/t20-,21-,22-,24-,37?/m1/s1. The number of H-pyrrole nitrogens is 1. The predicted octanol–water partition coefficient (Wildman–Crippen LogP) is 4.37. The zero-order valence-electron chi connectivity index (χ0n) is 20.2. The Labute approximate surface area is 223 Å². The molecule has 0 saturated carbocycles. The minimum absolute atomic E-state index is 0.0217. The molecule has 0 aliphatic carbocycles. The van der Waals surface area contributed by atoms with Crippen molar-refractivity contribution in [3.63, 3.8) is 0 Å². The summed E-state index contributed by atoms with van der Waals surface area (Å²) in [6.45, 7) is 1.55. The van der Waals surface area contributed by atoms with Gasteiger partial charge in [0.15, 0.2) is 6.23 Å². The minimum Gasteiger partial charge on any atom is -0.441 e. The summed E-state index contributed by atoms with van der Waals surface area (Å²) in [7, 11) is -2.07. The number of ether oxygens (including phenoxy) is 2. The van der Waals surface area contributed by atoms with Crippen molar-refractivity contribution >= 4 is 30.6 Å². The third-order valence-corrected chi connectivity index (χ3v) is 9.20. The molecule has 1 unspecified atom stereocenters. The second kappa shape index (κ2) is 11.6. The Morgan fingerprint density at radius 2 is 1.78 bits per heavy atom. The van der Waals surface area contributed by atoms with Gasteiger partial charge in [0.2, 0.25) is 0 Å². The van der Waals surface area contributed by atoms with Crippen molar-refractivity contribution < 1.29 is 23.7 Å². The van der Waals surface area contributed by atoms with Crippen LogP contribution in [-0.2, 0) is 20.2 Å². The van der Waals surface area contributed by atoms with Crippen LogP contribution in [0.5, 0.6) is 5.75 Å². The van der Waals surface area contributed by atoms with Crippen LogP contribution in [0.3, 0.4) is 0 Å². The third kappa shape index (κ3) is 6.20. The lowest BCUT2D eigenvalue weighted by atomic mass is 10.1. The molecule has 3 aromatic rings. The van der Waals surface area contributed by atoms with Crippen molar-refractivity contribution in [2.75, 3.05) is 13.3 Å². The number of hydrogen-bond donors (Lipinski definition) is 2. The molecule has 1 saturated heterocycles. The van der Waals surface area contributed by atoms with Crippen molar-refractivity contribution in [3.8, 4) is 5.75 Å². The quantitative estimate of drug-likeness (QED) is 0.368. The smallest absolute Gasteiger partial charge is 0.330 e. The normalized spacial score (nSPS) is 23.1. The number of aromatic nitrogens is 2. The highest BCUT2D eigenvalue weighted by Gasteiger charge is 2.46. The molecule has 2 aromatic carbocycles. The molecule has 0 radical (unpaired) electrons. The van der Waals surface area contributed by atoms with E-state index in [4.69, 9.17) is 37.2 Å². The molecular weight excluding hydrogens is 542 g/mol. The van der Waals surface area contributed by atoms with Crippen LogP contribution in [-0.4, -0.2) is 46.2 Å². The number of aliphatic hydroxyl groups is 1. The third-order valence-electron chi connectivity index (χ3n) is 6.23. The number of aromatic amines is 1. The number of methoxy groups -OCH3 is 1. The Balaban J connectivity index is 1.59. The van der Waals surface area contributed by atoms with Crippen LogP contribution < -0.4 is 15.8 Å². The number of rotatable bonds is 9. The molecule has 198 valence electrons. The van der Waals surface area contributed by atoms with Gasteiger partial charge >= 0.3 is 5.69 Å². The van der Waals surface area contributed by atoms with Crippen LogP contribution in [0.25, 0.3) is 0 Å². The second-order valence-corrected chi connectivity index (χ2v) is 12.2. The van der Waals surface area contributed by atoms with E-state index >= 15 is 0 Å². The first kappa shape index (κ1) is 27.6. The Kier molecular flexibility index (Phi) is 8.63. The Morgan fingerprint density at radius 1 is 1.11 bits per heavy atom. The molecule has 37 heavy (non-hydrogen) atoms. The highest BCUT2D eigenvalue weighted by molar-refractivity contribution is 7.58. The fraction of sp³-hybridized carbons (Fsp3) is 0.360. The maximum Gasteiger partial charge on any atom is 0.330 e. The Bertz CT molecular complexity index is 1370. The van der Waals surface area contributed by atoms with Gasteiger partial charge in [-0.2, -0.15) is 0 Å². The fourth-order valence-corrected chi connectivity index (χ4v) is 7.07. The van der Waals surface area contributed by atoms with Gasteiger partial charge < -0.3 is 19.1 Å². The van der Waals surface area contributed by atoms with Crippen LogP contribution in [0.15, 0.2) is 64.3 Å². The predicted molar refractivity (Wildman–Crippen MR) is 141 cm³/mol. The van der Waals surface area contributed by atoms with Gasteiger partial charge in [0, 0.05) is 30.1 Å². The Morgan fingerprint density at radius 3 is 2.46 bits per heavy atom. The number of aliphatic hydroxyl groups excluding tert-OH is 1. The fourth-order valence-electron chi connectivity index (χ4n) is 4.28. The minimum atomic E-state index is -3.46. The molecule has 1 aliphatic rings. The number of benzene rings is 2. The number of halogens is 2. The van der Waals surface area contributed by atoms with Gasteiger partial charge in [-0.25, -0.2) is 4.79 Å². The first-order chi connectivity index (χ1) is 17.6. The van der Waals surface area contributed by atoms with Crippen LogP contribution in [0.2, 0.25) is 10.0 Å². The van der Waals surface area contributed by atoms with Gasteiger partial charge in [0.1, 0.15) is 18.0 Å². The monoisotopic (exact) mass is 568 g/mol. The highest BCUT2D eigenvalue weighted by Crippen LogP contribution is 2.53. The number of nitrogens with one attached hydrogen (secondary N) is 1. The molecule has 12 heteroatoms. The van der Waals surface area contributed by atoms with Gasteiger partial charge in [0.05, 0.1) is 17.3 Å². The van der Waals surface area contributed by atoms with E-state index in [1.54, 1.807) is 55.5 Å². The van der Waals surface area contributed by atoms with E-state index in [2.05, 4.69) is 4.98 Å². The van der Waals surface area contributed by atoms with E-state index in [0.717, 1.165) is 0 Å². The summed E-state index contributed by atoms with van der Waals surface area (Å²) < 4.78 is 32.8. The number of nitrogens with zero attached hydrogens (tertiary/aromatic N) is 1. The van der Waals surface area contributed by atoms with Crippen LogP contribution in [0, 0.1) is 6.92 Å². The second-order valence-electron chi connectivity index (χ2n) is 8.83. The van der Waals surface area contributed by atoms with Gasteiger partial charge in [-0.15, -0.1) is 0 Å². The molecule has 0 amide bonds. The summed E-state index contributed by atoms with van der Waals surface area (Å²) >= 11 is 12.6. The lowest BCUT2D eigenvalue weighted by molar-refractivity contribution is -0.0543. The van der Waals surface area contributed by atoms with E-state index in [0.29, 0.717) is 21.2 Å². The molecular formula is C25H27Cl2N2O7P. The van der Waals surface area contributed by atoms with Gasteiger partial charge in [-0.1, -0.05) is 53.5 Å². The van der Waals surface area contributed by atoms with Gasteiger partial charge in [-0.05, 0) is 37.1 Å². The summed E-state index contributed by atoms with van der Waals surface area (Å²) in [6, 6.07) is 13.8. The van der Waals surface area contributed by atoms with Crippen molar-refractivity contribution in [1.29, 1.82) is 0 Å². The van der Waals surface area contributed by atoms with Crippen molar-refractivity contribution in [2.45, 2.75) is 44.0 Å². The maximum atomic E-state index is 14.2. The lowest BCUT2D eigenvalue weighted by Crippen LogP contribution is -2.39. The Hall–Kier alpha value is -2.39. The molecule has 9 nitrogen and oxygen atoms in total. The van der Waals surface area contributed by atoms with E-state index in [9.17, 15) is 19.3 Å². The molecule has 2 heterocycles. The summed E-state index contributed by atoms with van der Waals surface area (Å²) in [4.78, 5) is 26.5. The molecule has 4 rings (SSSR count). The number of para-hydroxylation sites is 1. The van der Waals surface area contributed by atoms with Crippen molar-refractivity contribution in [2.24, 2.45) is 0 Å². The summed E-state index contributed by atoms with van der Waals surface area (Å²) in [5, 5.41) is 11.7. The van der Waals surface area contributed by atoms with E-state index < -0.39 is 43.2 Å². The van der Waals surface area contributed by atoms with E-state index in [-0.39, 0.29) is 24.5 Å². The molecule has 1 aliphatic heterocycles. The maximum absolute atomic E-state index is 14.2. The van der Waals surface area contributed by atoms with Gasteiger partial charge in [0.25, 0.3) is 12.9 Å². The van der Waals surface area contributed by atoms with Crippen LogP contribution in [0.4, 0.5) is 0 Å². The topological polar surface area (TPSA) is 120 Å². The first-order valence-electron chi connectivity index (χ1n) is 11.6. The van der Waals surface area contributed by atoms with E-state index in [1.807, 2.05) is 0 Å². The number of aryl methyl sites for hydroxylation is 1. The lowest BCUT2D eigenvalue weighted by Gasteiger charge is -2.23.